The smallest absolute Gasteiger partial charge is 0.418 e. The number of nitrogens with one attached hydrogen (secondary N) is 1. The van der Waals surface area contributed by atoms with Crippen LogP contribution in [-0.2, 0) is 6.18 Å². The van der Waals surface area contributed by atoms with Gasteiger partial charge in [-0.25, -0.2) is 18.2 Å². The molecule has 0 unspecified atom stereocenters. The highest BCUT2D eigenvalue weighted by Crippen LogP contribution is 2.52. The quantitative estimate of drug-likeness (QED) is 0.356. The van der Waals surface area contributed by atoms with Gasteiger partial charge < -0.3 is 25.4 Å². The van der Waals surface area contributed by atoms with E-state index in [0.29, 0.717) is 19.5 Å². The van der Waals surface area contributed by atoms with Crippen LogP contribution in [0.15, 0.2) is 6.07 Å². The summed E-state index contributed by atoms with van der Waals surface area (Å²) >= 11 is 6.79. The summed E-state index contributed by atoms with van der Waals surface area (Å²) in [5, 5.41) is 3.28. The van der Waals surface area contributed by atoms with Gasteiger partial charge in [0.15, 0.2) is 11.6 Å². The maximum atomic E-state index is 16.9. The molecule has 7 heterocycles. The van der Waals surface area contributed by atoms with Gasteiger partial charge >= 0.3 is 12.2 Å². The molecule has 4 atom stereocenters. The van der Waals surface area contributed by atoms with Crippen LogP contribution < -0.4 is 25.4 Å². The molecule has 2 aromatic heterocycles. The van der Waals surface area contributed by atoms with Gasteiger partial charge in [0, 0.05) is 31.6 Å². The fraction of sp³-hybridized carbons (Fsp3) is 0.567. The number of piperidine rings is 1. The Morgan fingerprint density at radius 2 is 2.02 bits per heavy atom. The average Bonchev–Trinajstić information content (AvgIpc) is 3.06. The molecule has 46 heavy (non-hydrogen) atoms. The number of halogens is 7. The molecule has 5 aliphatic heterocycles. The molecule has 0 spiro atoms. The van der Waals surface area contributed by atoms with Crippen molar-refractivity contribution in [1.82, 2.24) is 25.2 Å². The summed E-state index contributed by atoms with van der Waals surface area (Å²) in [5.41, 5.74) is 1.64. The second-order valence-corrected chi connectivity index (χ2v) is 13.5. The molecule has 3 N–H and O–H groups in total. The van der Waals surface area contributed by atoms with Crippen LogP contribution in [0.2, 0.25) is 5.02 Å². The topological polar surface area (TPSA) is 102 Å². The van der Waals surface area contributed by atoms with E-state index < -0.39 is 51.7 Å². The SMILES string of the molecule is Cc1cc(N)nc(-c2c(Cl)c3c4c(nc(OC[C@@]56CCN5CC(F)(F)C6)nc4c2F)N2C[C@H]4CCC[C@H](N4)[C@H]2CO3)c1C(F)(F)F. The van der Waals surface area contributed by atoms with E-state index in [-0.39, 0.29) is 77.7 Å². The summed E-state index contributed by atoms with van der Waals surface area (Å²) in [6, 6.07) is 0.606. The maximum absolute atomic E-state index is 16.9. The molecule has 1 aromatic carbocycles. The molecule has 16 heteroatoms. The number of nitrogen functional groups attached to an aromatic ring is 1. The van der Waals surface area contributed by atoms with Crippen molar-refractivity contribution >= 4 is 34.1 Å². The predicted octanol–water partition coefficient (Wildman–Crippen LogP) is 5.35. The molecule has 4 fully saturated rings. The first kappa shape index (κ1) is 30.1. The minimum atomic E-state index is -4.92. The Labute approximate surface area is 264 Å². The number of aromatic nitrogens is 3. The Morgan fingerprint density at radius 1 is 1.22 bits per heavy atom. The lowest BCUT2D eigenvalue weighted by Gasteiger charge is -2.48. The van der Waals surface area contributed by atoms with Crippen LogP contribution in [0.1, 0.15) is 43.2 Å². The van der Waals surface area contributed by atoms with E-state index in [2.05, 4.69) is 20.3 Å². The molecule has 0 aliphatic carbocycles. The molecule has 9 nitrogen and oxygen atoms in total. The number of hydrogen-bond acceptors (Lipinski definition) is 9. The minimum Gasteiger partial charge on any atom is -0.489 e. The first-order valence-corrected chi connectivity index (χ1v) is 15.6. The van der Waals surface area contributed by atoms with Crippen LogP contribution >= 0.6 is 11.6 Å². The molecule has 2 bridgehead atoms. The van der Waals surface area contributed by atoms with Crippen molar-refractivity contribution in [3.8, 4) is 23.0 Å². The third-order valence-corrected chi connectivity index (χ3v) is 10.5. The molecule has 4 saturated heterocycles. The van der Waals surface area contributed by atoms with Crippen molar-refractivity contribution in [2.24, 2.45) is 0 Å². The predicted molar refractivity (Wildman–Crippen MR) is 157 cm³/mol. The lowest BCUT2D eigenvalue weighted by molar-refractivity contribution is -0.137. The largest absolute Gasteiger partial charge is 0.489 e. The van der Waals surface area contributed by atoms with Crippen molar-refractivity contribution in [1.29, 1.82) is 0 Å². The summed E-state index contributed by atoms with van der Waals surface area (Å²) < 4.78 is 101. The standard InChI is InChI=1S/C30H30ClF6N7O2/c1-13-7-17(38)40-23(20(13)30(35,36)37)18-21(31)25-19-24(22(18)32)41-27(46-12-28-5-6-43(28)11-29(33,34)10-28)42-26(19)44-8-14-3-2-4-15(39-14)16(44)9-45-25/h7,14-16,39H,2-6,8-12H2,1H3,(H2,38,40)/t14-,15+,16-,28+/m1/s1. The number of alkyl halides is 5. The molecular formula is C30H30ClF6N7O2. The van der Waals surface area contributed by atoms with Crippen LogP contribution in [0, 0.1) is 12.7 Å². The third kappa shape index (κ3) is 4.55. The first-order chi connectivity index (χ1) is 21.7. The molecule has 0 saturated carbocycles. The summed E-state index contributed by atoms with van der Waals surface area (Å²) in [5.74, 6) is -4.14. The van der Waals surface area contributed by atoms with E-state index in [1.54, 1.807) is 4.90 Å². The normalized spacial score (nSPS) is 28.3. The van der Waals surface area contributed by atoms with Crippen LogP contribution in [0.5, 0.6) is 11.8 Å². The molecule has 5 aliphatic rings. The van der Waals surface area contributed by atoms with E-state index in [0.717, 1.165) is 25.3 Å². The molecule has 8 rings (SSSR count). The molecule has 0 radical (unpaired) electrons. The number of ether oxygens (including phenoxy) is 2. The fourth-order valence-corrected chi connectivity index (χ4v) is 8.38. The number of nitrogens with zero attached hydrogens (tertiary/aromatic N) is 5. The monoisotopic (exact) mass is 669 g/mol. The van der Waals surface area contributed by atoms with Gasteiger partial charge in [-0.1, -0.05) is 18.0 Å². The lowest BCUT2D eigenvalue weighted by Crippen LogP contribution is -2.65. The zero-order valence-electron chi connectivity index (χ0n) is 24.7. The van der Waals surface area contributed by atoms with Gasteiger partial charge in [-0.05, 0) is 37.8 Å². The van der Waals surface area contributed by atoms with E-state index in [4.69, 9.17) is 26.8 Å². The number of anilines is 2. The highest BCUT2D eigenvalue weighted by molar-refractivity contribution is 6.36. The van der Waals surface area contributed by atoms with Gasteiger partial charge in [-0.2, -0.15) is 23.1 Å². The van der Waals surface area contributed by atoms with Crippen molar-refractivity contribution in [3.05, 3.63) is 28.0 Å². The van der Waals surface area contributed by atoms with Crippen LogP contribution in [-0.4, -0.2) is 82.3 Å². The summed E-state index contributed by atoms with van der Waals surface area (Å²) in [4.78, 5) is 16.6. The van der Waals surface area contributed by atoms with Crippen molar-refractivity contribution in [2.75, 3.05) is 43.5 Å². The van der Waals surface area contributed by atoms with Crippen LogP contribution in [0.25, 0.3) is 22.2 Å². The molecular weight excluding hydrogens is 640 g/mol. The van der Waals surface area contributed by atoms with Gasteiger partial charge in [0.1, 0.15) is 30.4 Å². The highest BCUT2D eigenvalue weighted by Gasteiger charge is 2.60. The van der Waals surface area contributed by atoms with Crippen molar-refractivity contribution in [3.63, 3.8) is 0 Å². The fourth-order valence-electron chi connectivity index (χ4n) is 8.06. The van der Waals surface area contributed by atoms with Gasteiger partial charge in [0.25, 0.3) is 5.92 Å². The maximum Gasteiger partial charge on any atom is 0.418 e. The van der Waals surface area contributed by atoms with E-state index in [1.807, 2.05) is 4.90 Å². The van der Waals surface area contributed by atoms with Gasteiger partial charge in [0.05, 0.1) is 45.4 Å². The van der Waals surface area contributed by atoms with Gasteiger partial charge in [0.2, 0.25) is 0 Å². The Kier molecular flexibility index (Phi) is 6.60. The third-order valence-electron chi connectivity index (χ3n) is 10.2. The molecule has 0 amide bonds. The van der Waals surface area contributed by atoms with Gasteiger partial charge in [-0.3, -0.25) is 4.90 Å². The summed E-state index contributed by atoms with van der Waals surface area (Å²) in [6.45, 7) is 1.74. The van der Waals surface area contributed by atoms with E-state index >= 15 is 4.39 Å². The number of hydrogen-bond donors (Lipinski definition) is 2. The van der Waals surface area contributed by atoms with E-state index in [9.17, 15) is 22.0 Å². The zero-order valence-corrected chi connectivity index (χ0v) is 25.4. The molecule has 3 aromatic rings. The Balaban J connectivity index is 1.33. The minimum absolute atomic E-state index is 0.00231. The summed E-state index contributed by atoms with van der Waals surface area (Å²) in [6.07, 6.45) is -2.08. The van der Waals surface area contributed by atoms with Crippen LogP contribution in [0.3, 0.4) is 0 Å². The Hall–Kier alpha value is -3.30. The first-order valence-electron chi connectivity index (χ1n) is 15.2. The van der Waals surface area contributed by atoms with Gasteiger partial charge in [-0.15, -0.1) is 0 Å². The number of benzene rings is 1. The Morgan fingerprint density at radius 3 is 2.74 bits per heavy atom. The number of rotatable bonds is 4. The number of pyridine rings is 1. The summed E-state index contributed by atoms with van der Waals surface area (Å²) in [7, 11) is 0. The number of fused-ring (bicyclic) bond motifs is 6. The Bertz CT molecular complexity index is 1780. The second kappa shape index (κ2) is 10.1. The lowest BCUT2D eigenvalue weighted by atomic mass is 9.85. The number of piperazine rings is 1. The van der Waals surface area contributed by atoms with Crippen LogP contribution in [0.4, 0.5) is 38.0 Å². The second-order valence-electron chi connectivity index (χ2n) is 13.1. The van der Waals surface area contributed by atoms with E-state index in [1.165, 1.54) is 6.92 Å². The number of aryl methyl sites for hydroxylation is 1. The number of nitrogens with two attached hydrogens (primary N) is 1. The van der Waals surface area contributed by atoms with Crippen molar-refractivity contribution < 1.29 is 35.8 Å². The average molecular weight is 670 g/mol. The zero-order chi connectivity index (χ0) is 32.3. The van der Waals surface area contributed by atoms with Crippen molar-refractivity contribution in [2.45, 2.75) is 74.8 Å². The highest BCUT2D eigenvalue weighted by atomic mass is 35.5. The molecule has 246 valence electrons.